The first-order valence-electron chi connectivity index (χ1n) is 5.17. The van der Waals surface area contributed by atoms with Gasteiger partial charge in [-0.25, -0.2) is 4.79 Å². The van der Waals surface area contributed by atoms with E-state index in [9.17, 15) is 4.79 Å². The Balaban J connectivity index is 2.77. The van der Waals surface area contributed by atoms with E-state index >= 15 is 0 Å². The summed E-state index contributed by atoms with van der Waals surface area (Å²) in [6.07, 6.45) is 1.86. The molecule has 1 rings (SSSR count). The summed E-state index contributed by atoms with van der Waals surface area (Å²) in [4.78, 5) is 14.5. The zero-order valence-electron chi connectivity index (χ0n) is 10.1. The van der Waals surface area contributed by atoms with Gasteiger partial charge in [-0.3, -0.25) is 0 Å². The predicted molar refractivity (Wildman–Crippen MR) is 68.9 cm³/mol. The Bertz CT molecular complexity index is 393. The molecule has 0 saturated carbocycles. The van der Waals surface area contributed by atoms with Crippen LogP contribution in [0.3, 0.4) is 0 Å². The highest BCUT2D eigenvalue weighted by Crippen LogP contribution is 2.26. The Morgan fingerprint density at radius 2 is 2.19 bits per heavy atom. The zero-order chi connectivity index (χ0) is 12.1. The summed E-state index contributed by atoms with van der Waals surface area (Å²) in [5.74, 6) is -0.248. The number of nitrogens with zero attached hydrogens (tertiary/aromatic N) is 1. The molecule has 0 aromatic carbocycles. The number of esters is 1. The summed E-state index contributed by atoms with van der Waals surface area (Å²) in [5, 5.41) is 1.17. The van der Waals surface area contributed by atoms with E-state index in [-0.39, 0.29) is 5.97 Å². The van der Waals surface area contributed by atoms with E-state index in [1.807, 2.05) is 37.2 Å². The smallest absolute Gasteiger partial charge is 0.333 e. The van der Waals surface area contributed by atoms with Crippen molar-refractivity contribution >= 4 is 28.4 Å². The third-order valence-electron chi connectivity index (χ3n) is 2.01. The van der Waals surface area contributed by atoms with Gasteiger partial charge in [0, 0.05) is 24.5 Å². The van der Waals surface area contributed by atoms with E-state index in [0.29, 0.717) is 12.2 Å². The van der Waals surface area contributed by atoms with Gasteiger partial charge in [-0.05, 0) is 32.1 Å². The van der Waals surface area contributed by atoms with Gasteiger partial charge < -0.3 is 9.64 Å². The molecule has 88 valence electrons. The van der Waals surface area contributed by atoms with Crippen molar-refractivity contribution in [3.63, 3.8) is 0 Å². The number of hydrogen-bond donors (Lipinski definition) is 0. The fraction of sp³-hybridized carbons (Fsp3) is 0.417. The molecule has 0 N–H and O–H groups in total. The second kappa shape index (κ2) is 5.70. The normalized spacial score (nSPS) is 11.4. The molecule has 1 aromatic rings. The molecular formula is C12H17NO2S. The minimum atomic E-state index is -0.248. The second-order valence-electron chi connectivity index (χ2n) is 3.62. The van der Waals surface area contributed by atoms with E-state index < -0.39 is 0 Å². The lowest BCUT2D eigenvalue weighted by molar-refractivity contribution is -0.138. The number of carbonyl (C=O) groups is 1. The molecule has 1 heterocycles. The molecule has 4 heteroatoms. The van der Waals surface area contributed by atoms with E-state index in [4.69, 9.17) is 4.74 Å². The Hall–Kier alpha value is -1.29. The monoisotopic (exact) mass is 239 g/mol. The van der Waals surface area contributed by atoms with Crippen molar-refractivity contribution < 1.29 is 9.53 Å². The van der Waals surface area contributed by atoms with Crippen LogP contribution in [0.2, 0.25) is 0 Å². The van der Waals surface area contributed by atoms with Crippen molar-refractivity contribution in [2.24, 2.45) is 0 Å². The molecule has 16 heavy (non-hydrogen) atoms. The van der Waals surface area contributed by atoms with Crippen LogP contribution in [0.15, 0.2) is 17.7 Å². The molecule has 0 spiro atoms. The molecule has 0 aliphatic rings. The lowest BCUT2D eigenvalue weighted by Gasteiger charge is -2.06. The Morgan fingerprint density at radius 3 is 2.69 bits per heavy atom. The highest BCUT2D eigenvalue weighted by Gasteiger charge is 2.06. The van der Waals surface area contributed by atoms with Crippen LogP contribution in [0.25, 0.3) is 6.08 Å². The lowest BCUT2D eigenvalue weighted by atomic mass is 10.2. The standard InChI is InChI=1S/C12H17NO2S/c1-5-15-12(14)9(2)8-10-6-7-11(16-10)13(3)4/h6-8H,5H2,1-4H3/b9-8+. The van der Waals surface area contributed by atoms with E-state index in [2.05, 4.69) is 0 Å². The van der Waals surface area contributed by atoms with E-state index in [1.165, 1.54) is 5.00 Å². The largest absolute Gasteiger partial charge is 0.463 e. The summed E-state index contributed by atoms with van der Waals surface area (Å²) < 4.78 is 4.92. The summed E-state index contributed by atoms with van der Waals surface area (Å²) in [6.45, 7) is 3.99. The Labute approximate surface area is 100 Å². The van der Waals surface area contributed by atoms with E-state index in [0.717, 1.165) is 4.88 Å². The van der Waals surface area contributed by atoms with Crippen molar-refractivity contribution in [2.75, 3.05) is 25.6 Å². The topological polar surface area (TPSA) is 29.5 Å². The molecule has 0 bridgehead atoms. The maximum Gasteiger partial charge on any atom is 0.333 e. The highest BCUT2D eigenvalue weighted by atomic mass is 32.1. The SMILES string of the molecule is CCOC(=O)/C(C)=C/c1ccc(N(C)C)s1. The number of ether oxygens (including phenoxy) is 1. The molecule has 1 aromatic heterocycles. The first-order chi connectivity index (χ1) is 7.54. The van der Waals surface area contributed by atoms with Crippen molar-refractivity contribution in [3.8, 4) is 0 Å². The van der Waals surface area contributed by atoms with Crippen molar-refractivity contribution in [3.05, 3.63) is 22.6 Å². The molecule has 0 saturated heterocycles. The number of hydrogen-bond acceptors (Lipinski definition) is 4. The van der Waals surface area contributed by atoms with Gasteiger partial charge >= 0.3 is 5.97 Å². The summed E-state index contributed by atoms with van der Waals surface area (Å²) in [5.41, 5.74) is 0.633. The van der Waals surface area contributed by atoms with Gasteiger partial charge in [0.25, 0.3) is 0 Å². The van der Waals surface area contributed by atoms with Gasteiger partial charge in [-0.2, -0.15) is 0 Å². The number of thiophene rings is 1. The van der Waals surface area contributed by atoms with Gasteiger partial charge in [0.2, 0.25) is 0 Å². The lowest BCUT2D eigenvalue weighted by Crippen LogP contribution is -2.05. The van der Waals surface area contributed by atoms with Crippen molar-refractivity contribution in [2.45, 2.75) is 13.8 Å². The van der Waals surface area contributed by atoms with Gasteiger partial charge in [0.1, 0.15) is 0 Å². The summed E-state index contributed by atoms with van der Waals surface area (Å²) in [7, 11) is 4.00. The quantitative estimate of drug-likeness (QED) is 0.597. The third kappa shape index (κ3) is 3.38. The van der Waals surface area contributed by atoms with Crippen molar-refractivity contribution in [1.82, 2.24) is 0 Å². The predicted octanol–water partition coefficient (Wildman–Crippen LogP) is 2.78. The van der Waals surface area contributed by atoms with Crippen LogP contribution in [0, 0.1) is 0 Å². The minimum Gasteiger partial charge on any atom is -0.463 e. The first kappa shape index (κ1) is 12.8. The third-order valence-corrected chi connectivity index (χ3v) is 3.21. The average Bonchev–Trinajstić information content (AvgIpc) is 2.66. The second-order valence-corrected chi connectivity index (χ2v) is 4.71. The van der Waals surface area contributed by atoms with Gasteiger partial charge in [-0.1, -0.05) is 0 Å². The number of rotatable bonds is 4. The maximum absolute atomic E-state index is 11.4. The van der Waals surface area contributed by atoms with Gasteiger partial charge in [0.05, 0.1) is 11.6 Å². The first-order valence-corrected chi connectivity index (χ1v) is 5.98. The van der Waals surface area contributed by atoms with Crippen LogP contribution in [-0.4, -0.2) is 26.7 Å². The average molecular weight is 239 g/mol. The van der Waals surface area contributed by atoms with Crippen LogP contribution in [0.4, 0.5) is 5.00 Å². The van der Waals surface area contributed by atoms with E-state index in [1.54, 1.807) is 25.2 Å². The minimum absolute atomic E-state index is 0.248. The number of anilines is 1. The van der Waals surface area contributed by atoms with Crippen LogP contribution in [-0.2, 0) is 9.53 Å². The fourth-order valence-corrected chi connectivity index (χ4v) is 2.11. The molecule has 0 aliphatic carbocycles. The Kier molecular flexibility index (Phi) is 4.55. The highest BCUT2D eigenvalue weighted by molar-refractivity contribution is 7.16. The van der Waals surface area contributed by atoms with Crippen LogP contribution < -0.4 is 4.90 Å². The molecule has 0 amide bonds. The van der Waals surface area contributed by atoms with Gasteiger partial charge in [0.15, 0.2) is 0 Å². The fourth-order valence-electron chi connectivity index (χ4n) is 1.18. The molecule has 0 atom stereocenters. The van der Waals surface area contributed by atoms with Crippen LogP contribution in [0.5, 0.6) is 0 Å². The summed E-state index contributed by atoms with van der Waals surface area (Å²) >= 11 is 1.65. The molecule has 0 fully saturated rings. The zero-order valence-corrected chi connectivity index (χ0v) is 10.9. The number of carbonyl (C=O) groups excluding carboxylic acids is 1. The van der Waals surface area contributed by atoms with Gasteiger partial charge in [-0.15, -0.1) is 11.3 Å². The molecule has 0 unspecified atom stereocenters. The molecule has 0 aliphatic heterocycles. The van der Waals surface area contributed by atoms with Crippen LogP contribution >= 0.6 is 11.3 Å². The molecule has 0 radical (unpaired) electrons. The maximum atomic E-state index is 11.4. The Morgan fingerprint density at radius 1 is 1.50 bits per heavy atom. The van der Waals surface area contributed by atoms with Crippen molar-refractivity contribution in [1.29, 1.82) is 0 Å². The molecular weight excluding hydrogens is 222 g/mol. The van der Waals surface area contributed by atoms with Crippen LogP contribution in [0.1, 0.15) is 18.7 Å². The summed E-state index contributed by atoms with van der Waals surface area (Å²) in [6, 6.07) is 4.04. The molecule has 3 nitrogen and oxygen atoms in total.